The lowest BCUT2D eigenvalue weighted by atomic mass is 10.3. The third-order valence-electron chi connectivity index (χ3n) is 3.26. The standard InChI is InChI=1S/C14H20ClNO3/c1-17-14(18-2)10-16-7-6-13(9-16)19-12-5-3-4-11(15)8-12/h3-5,8,13-14H,6-7,9-10H2,1-2H3. The molecule has 1 fully saturated rings. The molecular formula is C14H20ClNO3. The lowest BCUT2D eigenvalue weighted by molar-refractivity contribution is -0.114. The van der Waals surface area contributed by atoms with E-state index in [1.807, 2.05) is 24.3 Å². The average Bonchev–Trinajstić information content (AvgIpc) is 2.83. The second kappa shape index (κ2) is 7.10. The highest BCUT2D eigenvalue weighted by atomic mass is 35.5. The molecule has 0 N–H and O–H groups in total. The van der Waals surface area contributed by atoms with Gasteiger partial charge in [0.2, 0.25) is 0 Å². The third kappa shape index (κ3) is 4.35. The van der Waals surface area contributed by atoms with Crippen LogP contribution in [0, 0.1) is 0 Å². The molecule has 5 heteroatoms. The Morgan fingerprint density at radius 1 is 1.37 bits per heavy atom. The molecule has 1 heterocycles. The summed E-state index contributed by atoms with van der Waals surface area (Å²) < 4.78 is 16.3. The van der Waals surface area contributed by atoms with Crippen LogP contribution in [0.15, 0.2) is 24.3 Å². The minimum Gasteiger partial charge on any atom is -0.489 e. The van der Waals surface area contributed by atoms with E-state index in [4.69, 9.17) is 25.8 Å². The average molecular weight is 286 g/mol. The zero-order valence-electron chi connectivity index (χ0n) is 11.3. The molecule has 1 saturated heterocycles. The van der Waals surface area contributed by atoms with Gasteiger partial charge in [-0.1, -0.05) is 17.7 Å². The van der Waals surface area contributed by atoms with Crippen LogP contribution >= 0.6 is 11.6 Å². The summed E-state index contributed by atoms with van der Waals surface area (Å²) in [6.45, 7) is 2.65. The largest absolute Gasteiger partial charge is 0.489 e. The Bertz CT molecular complexity index is 398. The number of hydrogen-bond acceptors (Lipinski definition) is 4. The number of methoxy groups -OCH3 is 2. The topological polar surface area (TPSA) is 30.9 Å². The third-order valence-corrected chi connectivity index (χ3v) is 3.50. The number of rotatable bonds is 6. The fraction of sp³-hybridized carbons (Fsp3) is 0.571. The smallest absolute Gasteiger partial charge is 0.169 e. The van der Waals surface area contributed by atoms with Gasteiger partial charge < -0.3 is 14.2 Å². The Morgan fingerprint density at radius 3 is 2.84 bits per heavy atom. The molecule has 0 spiro atoms. The van der Waals surface area contributed by atoms with Gasteiger partial charge in [-0.25, -0.2) is 0 Å². The van der Waals surface area contributed by atoms with E-state index in [0.717, 1.165) is 31.8 Å². The predicted molar refractivity (Wildman–Crippen MR) is 74.7 cm³/mol. The molecule has 1 aliphatic rings. The fourth-order valence-corrected chi connectivity index (χ4v) is 2.43. The van der Waals surface area contributed by atoms with Crippen molar-refractivity contribution in [3.8, 4) is 5.75 Å². The number of hydrogen-bond donors (Lipinski definition) is 0. The number of ether oxygens (including phenoxy) is 3. The Hall–Kier alpha value is -0.810. The summed E-state index contributed by atoms with van der Waals surface area (Å²) in [4.78, 5) is 2.28. The van der Waals surface area contributed by atoms with Gasteiger partial charge in [0, 0.05) is 38.9 Å². The quantitative estimate of drug-likeness (QED) is 0.751. The highest BCUT2D eigenvalue weighted by Gasteiger charge is 2.26. The van der Waals surface area contributed by atoms with E-state index in [2.05, 4.69) is 4.90 Å². The van der Waals surface area contributed by atoms with Gasteiger partial charge >= 0.3 is 0 Å². The van der Waals surface area contributed by atoms with E-state index in [-0.39, 0.29) is 12.4 Å². The molecule has 0 radical (unpaired) electrons. The van der Waals surface area contributed by atoms with Crippen molar-refractivity contribution in [2.45, 2.75) is 18.8 Å². The Morgan fingerprint density at radius 2 is 2.16 bits per heavy atom. The van der Waals surface area contributed by atoms with Gasteiger partial charge in [-0.2, -0.15) is 0 Å². The van der Waals surface area contributed by atoms with Gasteiger partial charge in [-0.15, -0.1) is 0 Å². The first kappa shape index (κ1) is 14.6. The predicted octanol–water partition coefficient (Wildman–Crippen LogP) is 2.41. The molecule has 1 aliphatic heterocycles. The monoisotopic (exact) mass is 285 g/mol. The molecule has 1 atom stereocenters. The number of likely N-dealkylation sites (tertiary alicyclic amines) is 1. The molecule has 1 unspecified atom stereocenters. The Balaban J connectivity index is 1.82. The maximum atomic E-state index is 5.94. The molecule has 0 aromatic heterocycles. The van der Waals surface area contributed by atoms with Crippen LogP contribution < -0.4 is 4.74 Å². The molecule has 2 rings (SSSR count). The van der Waals surface area contributed by atoms with Gasteiger partial charge in [-0.05, 0) is 24.6 Å². The molecule has 0 bridgehead atoms. The van der Waals surface area contributed by atoms with Crippen LogP contribution in [0.5, 0.6) is 5.75 Å². The van der Waals surface area contributed by atoms with Crippen molar-refractivity contribution in [1.29, 1.82) is 0 Å². The number of halogens is 1. The van der Waals surface area contributed by atoms with E-state index in [1.54, 1.807) is 14.2 Å². The lowest BCUT2D eigenvalue weighted by Crippen LogP contribution is -2.34. The van der Waals surface area contributed by atoms with Crippen LogP contribution in [0.2, 0.25) is 5.02 Å². The van der Waals surface area contributed by atoms with Crippen molar-refractivity contribution < 1.29 is 14.2 Å². The highest BCUT2D eigenvalue weighted by Crippen LogP contribution is 2.21. The van der Waals surface area contributed by atoms with Crippen LogP contribution in [0.25, 0.3) is 0 Å². The first-order chi connectivity index (χ1) is 9.21. The van der Waals surface area contributed by atoms with Crippen LogP contribution in [0.4, 0.5) is 0 Å². The van der Waals surface area contributed by atoms with Gasteiger partial charge in [0.15, 0.2) is 6.29 Å². The van der Waals surface area contributed by atoms with Crippen molar-refractivity contribution in [3.05, 3.63) is 29.3 Å². The molecule has 1 aromatic carbocycles. The van der Waals surface area contributed by atoms with E-state index < -0.39 is 0 Å². The Labute approximate surface area is 119 Å². The normalized spacial score (nSPS) is 20.1. The summed E-state index contributed by atoms with van der Waals surface area (Å²) in [5.41, 5.74) is 0. The lowest BCUT2D eigenvalue weighted by Gasteiger charge is -2.21. The van der Waals surface area contributed by atoms with Crippen molar-refractivity contribution in [1.82, 2.24) is 4.90 Å². The zero-order valence-corrected chi connectivity index (χ0v) is 12.1. The van der Waals surface area contributed by atoms with E-state index in [1.165, 1.54) is 0 Å². The summed E-state index contributed by atoms with van der Waals surface area (Å²) in [5.74, 6) is 0.828. The summed E-state index contributed by atoms with van der Waals surface area (Å²) in [6, 6.07) is 7.52. The van der Waals surface area contributed by atoms with Crippen molar-refractivity contribution >= 4 is 11.6 Å². The Kier molecular flexibility index (Phi) is 5.45. The number of nitrogens with zero attached hydrogens (tertiary/aromatic N) is 1. The van der Waals surface area contributed by atoms with Crippen molar-refractivity contribution in [3.63, 3.8) is 0 Å². The molecule has 4 nitrogen and oxygen atoms in total. The van der Waals surface area contributed by atoms with Crippen molar-refractivity contribution in [2.75, 3.05) is 33.9 Å². The summed E-state index contributed by atoms with van der Waals surface area (Å²) in [6.07, 6.45) is 1.03. The molecule has 106 valence electrons. The molecule has 0 aliphatic carbocycles. The summed E-state index contributed by atoms with van der Waals surface area (Å²) >= 11 is 5.94. The zero-order chi connectivity index (χ0) is 13.7. The minimum absolute atomic E-state index is 0.176. The first-order valence-corrected chi connectivity index (χ1v) is 6.79. The SMILES string of the molecule is COC(CN1CCC(Oc2cccc(Cl)c2)C1)OC. The summed E-state index contributed by atoms with van der Waals surface area (Å²) in [7, 11) is 3.31. The molecule has 1 aromatic rings. The highest BCUT2D eigenvalue weighted by molar-refractivity contribution is 6.30. The van der Waals surface area contributed by atoms with E-state index in [0.29, 0.717) is 5.02 Å². The van der Waals surface area contributed by atoms with Crippen LogP contribution in [-0.4, -0.2) is 51.1 Å². The van der Waals surface area contributed by atoms with Crippen molar-refractivity contribution in [2.24, 2.45) is 0 Å². The van der Waals surface area contributed by atoms with Crippen LogP contribution in [0.3, 0.4) is 0 Å². The second-order valence-electron chi connectivity index (χ2n) is 4.65. The van der Waals surface area contributed by atoms with Gasteiger partial charge in [0.1, 0.15) is 11.9 Å². The molecule has 19 heavy (non-hydrogen) atoms. The van der Waals surface area contributed by atoms with E-state index in [9.17, 15) is 0 Å². The van der Waals surface area contributed by atoms with Crippen LogP contribution in [0.1, 0.15) is 6.42 Å². The van der Waals surface area contributed by atoms with E-state index >= 15 is 0 Å². The second-order valence-corrected chi connectivity index (χ2v) is 5.08. The molecule has 0 saturated carbocycles. The minimum atomic E-state index is -0.176. The van der Waals surface area contributed by atoms with Gasteiger partial charge in [-0.3, -0.25) is 4.90 Å². The molecular weight excluding hydrogens is 266 g/mol. The summed E-state index contributed by atoms with van der Waals surface area (Å²) in [5, 5.41) is 0.700. The van der Waals surface area contributed by atoms with Crippen LogP contribution in [-0.2, 0) is 9.47 Å². The van der Waals surface area contributed by atoms with Gasteiger partial charge in [0.25, 0.3) is 0 Å². The first-order valence-electron chi connectivity index (χ1n) is 6.41. The maximum absolute atomic E-state index is 5.94. The maximum Gasteiger partial charge on any atom is 0.169 e. The fourth-order valence-electron chi connectivity index (χ4n) is 2.25. The number of benzene rings is 1. The molecule has 0 amide bonds. The van der Waals surface area contributed by atoms with Gasteiger partial charge in [0.05, 0.1) is 0 Å².